The van der Waals surface area contributed by atoms with E-state index in [0.29, 0.717) is 22.1 Å². The summed E-state index contributed by atoms with van der Waals surface area (Å²) in [6.45, 7) is 14.7. The van der Waals surface area contributed by atoms with E-state index in [1.54, 1.807) is 17.7 Å². The van der Waals surface area contributed by atoms with Gasteiger partial charge in [-0.15, -0.1) is 0 Å². The maximum atomic E-state index is 12.8. The molecule has 0 radical (unpaired) electrons. The summed E-state index contributed by atoms with van der Waals surface area (Å²) < 4.78 is 25.7. The lowest BCUT2D eigenvalue weighted by molar-refractivity contribution is -0.0186. The lowest BCUT2D eigenvalue weighted by Crippen LogP contribution is -2.46. The summed E-state index contributed by atoms with van der Waals surface area (Å²) in [7, 11) is -3.19. The molecule has 0 heterocycles. The quantitative estimate of drug-likeness (QED) is 0.394. The van der Waals surface area contributed by atoms with Crippen LogP contribution in [0.25, 0.3) is 0 Å². The molecule has 4 heteroatoms. The SMILES string of the molecule is CC.CC.CC12CCC3C4CCC(O)CC4=CCC3C1CCC2CCS(=O)(=O)c1ccccc1.CCC. The van der Waals surface area contributed by atoms with Crippen LogP contribution in [0.2, 0.25) is 0 Å². The van der Waals surface area contributed by atoms with Crippen LogP contribution in [-0.4, -0.2) is 25.4 Å². The van der Waals surface area contributed by atoms with Gasteiger partial charge in [-0.3, -0.25) is 0 Å². The van der Waals surface area contributed by atoms with Crippen molar-refractivity contribution in [2.45, 2.75) is 124 Å². The Morgan fingerprint density at radius 1 is 0.919 bits per heavy atom. The Kier molecular flexibility index (Phi) is 12.9. The largest absolute Gasteiger partial charge is 0.393 e. The minimum atomic E-state index is -3.19. The smallest absolute Gasteiger partial charge is 0.178 e. The fourth-order valence-electron chi connectivity index (χ4n) is 7.88. The van der Waals surface area contributed by atoms with Gasteiger partial charge in [0.1, 0.15) is 0 Å². The fraction of sp³-hybridized carbons (Fsp3) is 0.758. The molecular formula is C33H56O3S. The van der Waals surface area contributed by atoms with Gasteiger partial charge in [-0.05, 0) is 105 Å². The summed E-state index contributed by atoms with van der Waals surface area (Å²) in [5, 5.41) is 10.1. The summed E-state index contributed by atoms with van der Waals surface area (Å²) >= 11 is 0. The zero-order valence-corrected chi connectivity index (χ0v) is 25.7. The van der Waals surface area contributed by atoms with Gasteiger partial charge in [0.05, 0.1) is 16.8 Å². The van der Waals surface area contributed by atoms with Gasteiger partial charge < -0.3 is 5.11 Å². The monoisotopic (exact) mass is 532 g/mol. The molecule has 0 amide bonds. The van der Waals surface area contributed by atoms with Crippen molar-refractivity contribution in [1.82, 2.24) is 0 Å². The van der Waals surface area contributed by atoms with Crippen LogP contribution >= 0.6 is 0 Å². The predicted octanol–water partition coefficient (Wildman–Crippen LogP) is 8.87. The van der Waals surface area contributed by atoms with Crippen molar-refractivity contribution >= 4 is 9.84 Å². The molecule has 0 spiro atoms. The highest BCUT2D eigenvalue weighted by molar-refractivity contribution is 7.91. The number of hydrogen-bond acceptors (Lipinski definition) is 3. The molecule has 1 aromatic rings. The Labute approximate surface area is 229 Å². The predicted molar refractivity (Wildman–Crippen MR) is 158 cm³/mol. The molecule has 37 heavy (non-hydrogen) atoms. The van der Waals surface area contributed by atoms with Crippen molar-refractivity contribution in [2.24, 2.45) is 35.0 Å². The third-order valence-corrected chi connectivity index (χ3v) is 11.2. The van der Waals surface area contributed by atoms with E-state index in [1.807, 2.05) is 45.9 Å². The van der Waals surface area contributed by atoms with Crippen molar-refractivity contribution in [1.29, 1.82) is 0 Å². The van der Waals surface area contributed by atoms with E-state index in [-0.39, 0.29) is 11.9 Å². The molecular weight excluding hydrogens is 476 g/mol. The first-order chi connectivity index (χ1) is 17.8. The number of aliphatic hydroxyl groups is 1. The van der Waals surface area contributed by atoms with Crippen LogP contribution in [-0.2, 0) is 9.84 Å². The second-order valence-electron chi connectivity index (χ2n) is 11.4. The normalized spacial score (nSPS) is 33.9. The van der Waals surface area contributed by atoms with Crippen molar-refractivity contribution in [3.8, 4) is 0 Å². The third kappa shape index (κ3) is 7.29. The maximum Gasteiger partial charge on any atom is 0.178 e. The molecule has 5 rings (SSSR count). The number of rotatable bonds is 4. The summed E-state index contributed by atoms with van der Waals surface area (Å²) in [6.07, 6.45) is 13.6. The Balaban J connectivity index is 0.000000630. The first kappa shape index (κ1) is 32.1. The Morgan fingerprint density at radius 3 is 2.22 bits per heavy atom. The third-order valence-electron chi connectivity index (χ3n) is 9.45. The summed E-state index contributed by atoms with van der Waals surface area (Å²) in [5.41, 5.74) is 1.84. The van der Waals surface area contributed by atoms with Crippen molar-refractivity contribution in [2.75, 3.05) is 5.75 Å². The average molecular weight is 533 g/mol. The fourth-order valence-corrected chi connectivity index (χ4v) is 9.28. The Morgan fingerprint density at radius 2 is 1.57 bits per heavy atom. The number of hydrogen-bond donors (Lipinski definition) is 1. The molecule has 1 aromatic carbocycles. The van der Waals surface area contributed by atoms with Crippen LogP contribution in [0, 0.1) is 35.0 Å². The van der Waals surface area contributed by atoms with Gasteiger partial charge in [-0.25, -0.2) is 8.42 Å². The van der Waals surface area contributed by atoms with E-state index < -0.39 is 9.84 Å². The minimum Gasteiger partial charge on any atom is -0.393 e. The minimum absolute atomic E-state index is 0.125. The van der Waals surface area contributed by atoms with Crippen LogP contribution < -0.4 is 0 Å². The lowest BCUT2D eigenvalue weighted by atomic mass is 9.51. The number of allylic oxidation sites excluding steroid dienone is 1. The summed E-state index contributed by atoms with van der Waals surface area (Å²) in [5.74, 6) is 3.81. The molecule has 4 aliphatic carbocycles. The van der Waals surface area contributed by atoms with E-state index in [1.165, 1.54) is 38.5 Å². The molecule has 3 nitrogen and oxygen atoms in total. The molecule has 7 atom stereocenters. The highest BCUT2D eigenvalue weighted by Crippen LogP contribution is 2.63. The Hall–Kier alpha value is -1.13. The van der Waals surface area contributed by atoms with E-state index >= 15 is 0 Å². The second kappa shape index (κ2) is 14.9. The van der Waals surface area contributed by atoms with Crippen LogP contribution in [0.3, 0.4) is 0 Å². The zero-order valence-electron chi connectivity index (χ0n) is 24.9. The van der Waals surface area contributed by atoms with E-state index in [9.17, 15) is 13.5 Å². The topological polar surface area (TPSA) is 54.4 Å². The average Bonchev–Trinajstić information content (AvgIpc) is 3.27. The molecule has 3 saturated carbocycles. The number of sulfone groups is 1. The van der Waals surface area contributed by atoms with Gasteiger partial charge in [-0.2, -0.15) is 0 Å². The molecule has 0 aliphatic heterocycles. The van der Waals surface area contributed by atoms with Gasteiger partial charge in [0.2, 0.25) is 0 Å². The summed E-state index contributed by atoms with van der Waals surface area (Å²) in [6, 6.07) is 8.96. The van der Waals surface area contributed by atoms with Gasteiger partial charge in [0, 0.05) is 0 Å². The van der Waals surface area contributed by atoms with Crippen molar-refractivity contribution in [3.05, 3.63) is 42.0 Å². The van der Waals surface area contributed by atoms with E-state index in [4.69, 9.17) is 0 Å². The van der Waals surface area contributed by atoms with Gasteiger partial charge in [0.25, 0.3) is 0 Å². The summed E-state index contributed by atoms with van der Waals surface area (Å²) in [4.78, 5) is 0.470. The van der Waals surface area contributed by atoms with Crippen molar-refractivity contribution < 1.29 is 13.5 Å². The molecule has 0 aromatic heterocycles. The van der Waals surface area contributed by atoms with Gasteiger partial charge in [-0.1, -0.05) is 84.7 Å². The van der Waals surface area contributed by atoms with Crippen LogP contribution in [0.15, 0.2) is 46.9 Å². The molecule has 4 aliphatic rings. The van der Waals surface area contributed by atoms with Crippen LogP contribution in [0.1, 0.15) is 113 Å². The zero-order chi connectivity index (χ0) is 27.6. The molecule has 3 fully saturated rings. The van der Waals surface area contributed by atoms with Gasteiger partial charge in [0.15, 0.2) is 9.84 Å². The second-order valence-corrected chi connectivity index (χ2v) is 13.5. The van der Waals surface area contributed by atoms with Crippen molar-refractivity contribution in [3.63, 3.8) is 0 Å². The molecule has 0 saturated heterocycles. The molecule has 1 N–H and O–H groups in total. The van der Waals surface area contributed by atoms with Crippen LogP contribution in [0.5, 0.6) is 0 Å². The van der Waals surface area contributed by atoms with E-state index in [2.05, 4.69) is 26.8 Å². The molecule has 7 unspecified atom stereocenters. The number of fused-ring (bicyclic) bond motifs is 5. The number of benzene rings is 1. The first-order valence-electron chi connectivity index (χ1n) is 15.4. The van der Waals surface area contributed by atoms with Crippen LogP contribution in [0.4, 0.5) is 0 Å². The maximum absolute atomic E-state index is 12.8. The van der Waals surface area contributed by atoms with E-state index in [0.717, 1.165) is 43.4 Å². The Bertz CT molecular complexity index is 922. The molecule has 212 valence electrons. The molecule has 0 bridgehead atoms. The number of aliphatic hydroxyl groups excluding tert-OH is 1. The standard InChI is InChI=1S/C26H36O3S.C3H8.2C2H6/c1-26-15-13-23-22-11-9-20(27)17-18(22)7-10-24(23)25(26)12-8-19(26)14-16-30(28,29)21-5-3-2-4-6-21;1-3-2;2*1-2/h2-7,19-20,22-25,27H,8-17H2,1H3;3H2,1-2H3;2*1-2H3. The highest BCUT2D eigenvalue weighted by Gasteiger charge is 2.55. The highest BCUT2D eigenvalue weighted by atomic mass is 32.2. The van der Waals surface area contributed by atoms with Gasteiger partial charge >= 0.3 is 0 Å². The first-order valence-corrected chi connectivity index (χ1v) is 17.1. The lowest BCUT2D eigenvalue weighted by Gasteiger charge is -2.53.